The molecule has 0 unspecified atom stereocenters. The first-order valence-corrected chi connectivity index (χ1v) is 9.88. The number of nitrogens with one attached hydrogen (secondary N) is 1. The van der Waals surface area contributed by atoms with E-state index >= 15 is 0 Å². The van der Waals surface area contributed by atoms with Crippen LogP contribution in [-0.4, -0.2) is 58.4 Å². The molecule has 2 aliphatic rings. The number of hydrogen-bond donors (Lipinski definition) is 1. The van der Waals surface area contributed by atoms with E-state index in [9.17, 15) is 4.79 Å². The van der Waals surface area contributed by atoms with Crippen molar-refractivity contribution in [3.05, 3.63) is 47.3 Å². The van der Waals surface area contributed by atoms with Gasteiger partial charge in [-0.3, -0.25) is 14.9 Å². The summed E-state index contributed by atoms with van der Waals surface area (Å²) in [4.78, 5) is 16.5. The Morgan fingerprint density at radius 1 is 1.29 bits per heavy atom. The molecule has 1 aromatic carbocycles. The smallest absolute Gasteiger partial charge is 0.410 e. The van der Waals surface area contributed by atoms with Crippen LogP contribution in [0.4, 0.5) is 4.79 Å². The molecule has 2 aromatic rings. The summed E-state index contributed by atoms with van der Waals surface area (Å²) >= 11 is 0. The summed E-state index contributed by atoms with van der Waals surface area (Å²) in [6.45, 7) is 7.22. The third-order valence-corrected chi connectivity index (χ3v) is 5.43. The Hall–Kier alpha value is -2.54. The zero-order valence-corrected chi connectivity index (χ0v) is 16.7. The third kappa shape index (κ3) is 3.85. The number of likely N-dealkylation sites (tertiary alicyclic amines) is 1. The number of carbonyl (C=O) groups excluding carboxylic acids is 1. The maximum absolute atomic E-state index is 12.4. The molecule has 2 saturated heterocycles. The standard InChI is InChI=1S/C21H28N4O3/c1-14(2)8-16-9-17(23-22-16)11-24-12-18-20(13-24)28-21(26)25(18)10-15-6-4-5-7-19(15)27-3/h4-7,9,14,18,20H,8,10-13H2,1-3H3,(H,22,23)/t18-,20+/m1/s1. The predicted octanol–water partition coefficient (Wildman–Crippen LogP) is 2.82. The van der Waals surface area contributed by atoms with Crippen LogP contribution >= 0.6 is 0 Å². The molecule has 7 heteroatoms. The van der Waals surface area contributed by atoms with Gasteiger partial charge in [0.05, 0.1) is 25.4 Å². The van der Waals surface area contributed by atoms with Gasteiger partial charge in [0.25, 0.3) is 0 Å². The number of methoxy groups -OCH3 is 1. The van der Waals surface area contributed by atoms with E-state index in [1.807, 2.05) is 29.2 Å². The van der Waals surface area contributed by atoms with Gasteiger partial charge in [-0.05, 0) is 24.5 Å². The Morgan fingerprint density at radius 2 is 2.11 bits per heavy atom. The van der Waals surface area contributed by atoms with Crippen molar-refractivity contribution in [2.45, 2.75) is 45.5 Å². The number of amides is 1. The monoisotopic (exact) mass is 384 g/mol. The van der Waals surface area contributed by atoms with Crippen LogP contribution in [-0.2, 0) is 24.2 Å². The average molecular weight is 384 g/mol. The van der Waals surface area contributed by atoms with Crippen molar-refractivity contribution in [2.75, 3.05) is 20.2 Å². The highest BCUT2D eigenvalue weighted by Gasteiger charge is 2.47. The van der Waals surface area contributed by atoms with Crippen LogP contribution in [0, 0.1) is 5.92 Å². The van der Waals surface area contributed by atoms with Crippen molar-refractivity contribution in [3.63, 3.8) is 0 Å². The highest BCUT2D eigenvalue weighted by Crippen LogP contribution is 2.31. The van der Waals surface area contributed by atoms with Gasteiger partial charge >= 0.3 is 6.09 Å². The molecule has 1 aromatic heterocycles. The Bertz CT molecular complexity index is 835. The lowest BCUT2D eigenvalue weighted by molar-refractivity contribution is 0.119. The van der Waals surface area contributed by atoms with Crippen molar-refractivity contribution in [1.29, 1.82) is 0 Å². The molecule has 3 heterocycles. The van der Waals surface area contributed by atoms with Gasteiger partial charge in [0.1, 0.15) is 11.9 Å². The van der Waals surface area contributed by atoms with Crippen molar-refractivity contribution < 1.29 is 14.3 Å². The van der Waals surface area contributed by atoms with E-state index in [-0.39, 0.29) is 18.2 Å². The number of para-hydroxylation sites is 1. The highest BCUT2D eigenvalue weighted by atomic mass is 16.6. The third-order valence-electron chi connectivity index (χ3n) is 5.43. The Balaban J connectivity index is 1.40. The summed E-state index contributed by atoms with van der Waals surface area (Å²) in [6.07, 6.45) is 0.660. The first-order valence-electron chi connectivity index (χ1n) is 9.88. The molecule has 0 bridgehead atoms. The molecule has 0 aliphatic carbocycles. The first-order chi connectivity index (χ1) is 13.5. The van der Waals surface area contributed by atoms with Crippen LogP contribution in [0.5, 0.6) is 5.75 Å². The molecule has 2 aliphatic heterocycles. The summed E-state index contributed by atoms with van der Waals surface area (Å²) in [6, 6.07) is 10.0. The molecule has 0 saturated carbocycles. The van der Waals surface area contributed by atoms with Crippen LogP contribution < -0.4 is 4.74 Å². The van der Waals surface area contributed by atoms with Crippen molar-refractivity contribution in [2.24, 2.45) is 5.92 Å². The number of hydrogen-bond acceptors (Lipinski definition) is 5. The van der Waals surface area contributed by atoms with Crippen molar-refractivity contribution in [3.8, 4) is 5.75 Å². The second-order valence-electron chi connectivity index (χ2n) is 8.11. The number of carbonyl (C=O) groups is 1. The van der Waals surface area contributed by atoms with Gasteiger partial charge < -0.3 is 9.47 Å². The second kappa shape index (κ2) is 7.83. The van der Waals surface area contributed by atoms with E-state index in [2.05, 4.69) is 35.0 Å². The lowest BCUT2D eigenvalue weighted by atomic mass is 10.1. The van der Waals surface area contributed by atoms with Gasteiger partial charge in [-0.25, -0.2) is 4.79 Å². The number of rotatable bonds is 7. The molecule has 4 rings (SSSR count). The largest absolute Gasteiger partial charge is 0.496 e. The van der Waals surface area contributed by atoms with E-state index in [1.54, 1.807) is 7.11 Å². The highest BCUT2D eigenvalue weighted by molar-refractivity contribution is 5.71. The van der Waals surface area contributed by atoms with Crippen molar-refractivity contribution >= 4 is 6.09 Å². The zero-order valence-electron chi connectivity index (χ0n) is 16.7. The summed E-state index contributed by atoms with van der Waals surface area (Å²) in [5.74, 6) is 1.38. The van der Waals surface area contributed by atoms with Gasteiger partial charge in [-0.2, -0.15) is 5.10 Å². The van der Waals surface area contributed by atoms with Crippen molar-refractivity contribution in [1.82, 2.24) is 20.0 Å². The molecular weight excluding hydrogens is 356 g/mol. The number of nitrogens with zero attached hydrogens (tertiary/aromatic N) is 3. The maximum atomic E-state index is 12.4. The molecule has 1 N–H and O–H groups in total. The maximum Gasteiger partial charge on any atom is 0.410 e. The van der Waals surface area contributed by atoms with Crippen LogP contribution in [0.3, 0.4) is 0 Å². The Morgan fingerprint density at radius 3 is 2.89 bits per heavy atom. The average Bonchev–Trinajstić information content (AvgIpc) is 3.32. The number of aromatic amines is 1. The van der Waals surface area contributed by atoms with E-state index in [0.29, 0.717) is 12.5 Å². The van der Waals surface area contributed by atoms with Gasteiger partial charge in [0.15, 0.2) is 0 Å². The topological polar surface area (TPSA) is 70.7 Å². The van der Waals surface area contributed by atoms with Gasteiger partial charge in [-0.1, -0.05) is 32.0 Å². The Labute approximate surface area is 165 Å². The summed E-state index contributed by atoms with van der Waals surface area (Å²) in [7, 11) is 1.65. The number of ether oxygens (including phenoxy) is 2. The minimum atomic E-state index is -0.235. The number of benzene rings is 1. The minimum absolute atomic E-state index is 0.0652. The molecule has 7 nitrogen and oxygen atoms in total. The van der Waals surface area contributed by atoms with Crippen LogP contribution in [0.15, 0.2) is 30.3 Å². The lowest BCUT2D eigenvalue weighted by Gasteiger charge is -2.23. The lowest BCUT2D eigenvalue weighted by Crippen LogP contribution is -2.37. The van der Waals surface area contributed by atoms with Gasteiger partial charge in [0.2, 0.25) is 0 Å². The summed E-state index contributed by atoms with van der Waals surface area (Å²) < 4.78 is 11.1. The SMILES string of the molecule is COc1ccccc1CN1C(=O)O[C@H]2CN(Cc3cc(CC(C)C)n[nH]3)C[C@H]21. The fourth-order valence-electron chi connectivity index (χ4n) is 4.16. The second-order valence-corrected chi connectivity index (χ2v) is 8.11. The molecular formula is C21H28N4O3. The molecule has 2 atom stereocenters. The summed E-state index contributed by atoms with van der Waals surface area (Å²) in [5, 5.41) is 7.56. The predicted molar refractivity (Wildman–Crippen MR) is 105 cm³/mol. The van der Waals surface area contributed by atoms with E-state index in [0.717, 1.165) is 48.8 Å². The van der Waals surface area contributed by atoms with Crippen LogP contribution in [0.1, 0.15) is 30.8 Å². The van der Waals surface area contributed by atoms with Gasteiger partial charge in [-0.15, -0.1) is 0 Å². The minimum Gasteiger partial charge on any atom is -0.496 e. The fraction of sp³-hybridized carbons (Fsp3) is 0.524. The summed E-state index contributed by atoms with van der Waals surface area (Å²) in [5.41, 5.74) is 3.21. The van der Waals surface area contributed by atoms with E-state index in [1.165, 1.54) is 0 Å². The number of fused-ring (bicyclic) bond motifs is 1. The van der Waals surface area contributed by atoms with E-state index in [4.69, 9.17) is 9.47 Å². The zero-order chi connectivity index (χ0) is 19.7. The van der Waals surface area contributed by atoms with Crippen LogP contribution in [0.2, 0.25) is 0 Å². The molecule has 0 spiro atoms. The van der Waals surface area contributed by atoms with Gasteiger partial charge in [0, 0.05) is 30.9 Å². The normalized spacial score (nSPS) is 22.0. The molecule has 2 fully saturated rings. The Kier molecular flexibility index (Phi) is 5.26. The van der Waals surface area contributed by atoms with E-state index < -0.39 is 0 Å². The number of aromatic nitrogens is 2. The molecule has 150 valence electrons. The molecule has 28 heavy (non-hydrogen) atoms. The molecule has 0 radical (unpaired) electrons. The fourth-order valence-corrected chi connectivity index (χ4v) is 4.16. The molecule has 1 amide bonds. The quantitative estimate of drug-likeness (QED) is 0.795. The number of H-pyrrole nitrogens is 1. The van der Waals surface area contributed by atoms with Crippen LogP contribution in [0.25, 0.3) is 0 Å². The first kappa shape index (κ1) is 18.8.